The normalized spacial score (nSPS) is 18.7. The molecule has 1 fully saturated rings. The molecule has 0 amide bonds. The van der Waals surface area contributed by atoms with Crippen LogP contribution in [0, 0.1) is 0 Å². The number of benzene rings is 1. The van der Waals surface area contributed by atoms with E-state index in [0.717, 1.165) is 6.54 Å². The molecule has 1 saturated heterocycles. The Labute approximate surface area is 132 Å². The summed E-state index contributed by atoms with van der Waals surface area (Å²) in [4.78, 5) is 5.12. The van der Waals surface area contributed by atoms with E-state index in [9.17, 15) is 0 Å². The average molecular weight is 339 g/mol. The lowest BCUT2D eigenvalue weighted by molar-refractivity contribution is 0.0632. The molecule has 1 aromatic rings. The van der Waals surface area contributed by atoms with Crippen molar-refractivity contribution in [3.05, 3.63) is 34.3 Å². The summed E-state index contributed by atoms with van der Waals surface area (Å²) < 4.78 is 1.17. The van der Waals surface area contributed by atoms with E-state index in [2.05, 4.69) is 77.8 Å². The van der Waals surface area contributed by atoms with Gasteiger partial charge in [-0.05, 0) is 58.4 Å². The maximum Gasteiger partial charge on any atom is 0.0234 e. The SMILES string of the molecule is CN(Cc1cccc(Br)c1)C1CCN(C(C)(C)C)CC1. The Morgan fingerprint density at radius 2 is 1.90 bits per heavy atom. The van der Waals surface area contributed by atoms with Crippen molar-refractivity contribution >= 4 is 15.9 Å². The number of rotatable bonds is 3. The summed E-state index contributed by atoms with van der Waals surface area (Å²) >= 11 is 3.55. The molecule has 2 nitrogen and oxygen atoms in total. The fraction of sp³-hybridized carbons (Fsp3) is 0.647. The highest BCUT2D eigenvalue weighted by Gasteiger charge is 2.28. The van der Waals surface area contributed by atoms with Crippen LogP contribution in [-0.4, -0.2) is 41.5 Å². The van der Waals surface area contributed by atoms with Crippen LogP contribution in [0.15, 0.2) is 28.7 Å². The van der Waals surface area contributed by atoms with Crippen molar-refractivity contribution in [3.63, 3.8) is 0 Å². The number of likely N-dealkylation sites (tertiary alicyclic amines) is 1. The quantitative estimate of drug-likeness (QED) is 0.816. The van der Waals surface area contributed by atoms with Gasteiger partial charge in [-0.25, -0.2) is 0 Å². The van der Waals surface area contributed by atoms with Crippen molar-refractivity contribution in [2.45, 2.75) is 51.7 Å². The van der Waals surface area contributed by atoms with Crippen LogP contribution in [0.5, 0.6) is 0 Å². The molecule has 0 atom stereocenters. The Kier molecular flexibility index (Phi) is 5.27. The topological polar surface area (TPSA) is 6.48 Å². The van der Waals surface area contributed by atoms with Gasteiger partial charge in [0.15, 0.2) is 0 Å². The fourth-order valence-corrected chi connectivity index (χ4v) is 3.48. The first kappa shape index (κ1) is 16.0. The summed E-state index contributed by atoms with van der Waals surface area (Å²) in [5.41, 5.74) is 1.70. The molecule has 112 valence electrons. The van der Waals surface area contributed by atoms with E-state index in [4.69, 9.17) is 0 Å². The molecule has 0 unspecified atom stereocenters. The van der Waals surface area contributed by atoms with Crippen LogP contribution < -0.4 is 0 Å². The molecule has 2 rings (SSSR count). The largest absolute Gasteiger partial charge is 0.299 e. The van der Waals surface area contributed by atoms with Gasteiger partial charge in [0.25, 0.3) is 0 Å². The number of nitrogens with zero attached hydrogens (tertiary/aromatic N) is 2. The molecule has 0 aromatic heterocycles. The zero-order valence-electron chi connectivity index (χ0n) is 13.2. The summed E-state index contributed by atoms with van der Waals surface area (Å²) in [5.74, 6) is 0. The highest BCUT2D eigenvalue weighted by molar-refractivity contribution is 9.10. The van der Waals surface area contributed by atoms with E-state index in [-0.39, 0.29) is 0 Å². The van der Waals surface area contributed by atoms with Crippen molar-refractivity contribution in [1.29, 1.82) is 0 Å². The molecule has 1 aliphatic rings. The lowest BCUT2D eigenvalue weighted by Gasteiger charge is -2.43. The molecular formula is C17H27BrN2. The predicted molar refractivity (Wildman–Crippen MR) is 90.0 cm³/mol. The van der Waals surface area contributed by atoms with E-state index >= 15 is 0 Å². The van der Waals surface area contributed by atoms with Crippen LogP contribution in [0.2, 0.25) is 0 Å². The maximum absolute atomic E-state index is 3.55. The number of hydrogen-bond donors (Lipinski definition) is 0. The lowest BCUT2D eigenvalue weighted by Crippen LogP contribution is -2.50. The van der Waals surface area contributed by atoms with Crippen LogP contribution in [0.4, 0.5) is 0 Å². The molecule has 0 bridgehead atoms. The zero-order chi connectivity index (χ0) is 14.8. The van der Waals surface area contributed by atoms with Crippen molar-refractivity contribution in [2.24, 2.45) is 0 Å². The minimum absolute atomic E-state index is 0.313. The minimum Gasteiger partial charge on any atom is -0.299 e. The third-order valence-corrected chi connectivity index (χ3v) is 4.85. The second-order valence-electron chi connectivity index (χ2n) is 6.93. The van der Waals surface area contributed by atoms with E-state index < -0.39 is 0 Å². The lowest BCUT2D eigenvalue weighted by atomic mass is 9.97. The summed E-state index contributed by atoms with van der Waals surface area (Å²) in [5, 5.41) is 0. The molecule has 1 heterocycles. The van der Waals surface area contributed by atoms with Gasteiger partial charge in [0.1, 0.15) is 0 Å². The fourth-order valence-electron chi connectivity index (χ4n) is 3.03. The second kappa shape index (κ2) is 6.59. The van der Waals surface area contributed by atoms with Gasteiger partial charge in [-0.2, -0.15) is 0 Å². The summed E-state index contributed by atoms with van der Waals surface area (Å²) in [6.45, 7) is 10.4. The molecule has 0 radical (unpaired) electrons. The number of hydrogen-bond acceptors (Lipinski definition) is 2. The van der Waals surface area contributed by atoms with Gasteiger partial charge in [0.2, 0.25) is 0 Å². The van der Waals surface area contributed by atoms with Crippen molar-refractivity contribution < 1.29 is 0 Å². The molecule has 0 spiro atoms. The molecule has 0 aliphatic carbocycles. The molecule has 0 saturated carbocycles. The Balaban J connectivity index is 1.87. The minimum atomic E-state index is 0.313. The summed E-state index contributed by atoms with van der Waals surface area (Å²) in [6.07, 6.45) is 2.56. The highest BCUT2D eigenvalue weighted by Crippen LogP contribution is 2.23. The highest BCUT2D eigenvalue weighted by atomic mass is 79.9. The van der Waals surface area contributed by atoms with Crippen molar-refractivity contribution in [3.8, 4) is 0 Å². The monoisotopic (exact) mass is 338 g/mol. The van der Waals surface area contributed by atoms with E-state index in [1.54, 1.807) is 0 Å². The first-order valence-corrected chi connectivity index (χ1v) is 8.35. The first-order chi connectivity index (χ1) is 9.36. The summed E-state index contributed by atoms with van der Waals surface area (Å²) in [7, 11) is 2.26. The predicted octanol–water partition coefficient (Wildman–Crippen LogP) is 4.14. The van der Waals surface area contributed by atoms with Gasteiger partial charge < -0.3 is 0 Å². The van der Waals surface area contributed by atoms with Crippen LogP contribution in [0.25, 0.3) is 0 Å². The van der Waals surface area contributed by atoms with Gasteiger partial charge in [-0.15, -0.1) is 0 Å². The number of halogens is 1. The Hall–Kier alpha value is -0.380. The summed E-state index contributed by atoms with van der Waals surface area (Å²) in [6, 6.07) is 9.36. The van der Waals surface area contributed by atoms with E-state index in [1.807, 2.05) is 0 Å². The molecule has 1 aliphatic heterocycles. The third kappa shape index (κ3) is 4.31. The van der Waals surface area contributed by atoms with E-state index in [1.165, 1.54) is 36.0 Å². The van der Waals surface area contributed by atoms with Crippen LogP contribution in [-0.2, 0) is 6.54 Å². The molecule has 1 aromatic carbocycles. The second-order valence-corrected chi connectivity index (χ2v) is 7.85. The van der Waals surface area contributed by atoms with Gasteiger partial charge in [-0.3, -0.25) is 9.80 Å². The van der Waals surface area contributed by atoms with Gasteiger partial charge in [0.05, 0.1) is 0 Å². The van der Waals surface area contributed by atoms with Crippen molar-refractivity contribution in [1.82, 2.24) is 9.80 Å². The molecule has 20 heavy (non-hydrogen) atoms. The van der Waals surface area contributed by atoms with Gasteiger partial charge in [-0.1, -0.05) is 28.1 Å². The average Bonchev–Trinajstić information content (AvgIpc) is 2.38. The first-order valence-electron chi connectivity index (χ1n) is 7.56. The zero-order valence-corrected chi connectivity index (χ0v) is 14.8. The third-order valence-electron chi connectivity index (χ3n) is 4.36. The van der Waals surface area contributed by atoms with Gasteiger partial charge in [0, 0.05) is 35.7 Å². The maximum atomic E-state index is 3.55. The molecular weight excluding hydrogens is 312 g/mol. The Morgan fingerprint density at radius 1 is 1.25 bits per heavy atom. The van der Waals surface area contributed by atoms with Crippen LogP contribution in [0.3, 0.4) is 0 Å². The smallest absolute Gasteiger partial charge is 0.0234 e. The Morgan fingerprint density at radius 3 is 2.45 bits per heavy atom. The Bertz CT molecular complexity index is 431. The standard InChI is InChI=1S/C17H27BrN2/c1-17(2,3)20-10-8-16(9-11-20)19(4)13-14-6-5-7-15(18)12-14/h5-7,12,16H,8-11,13H2,1-4H3. The molecule has 0 N–H and O–H groups in total. The number of piperidine rings is 1. The molecule has 3 heteroatoms. The van der Waals surface area contributed by atoms with E-state index in [0.29, 0.717) is 11.6 Å². The van der Waals surface area contributed by atoms with Crippen molar-refractivity contribution in [2.75, 3.05) is 20.1 Å². The van der Waals surface area contributed by atoms with Crippen LogP contribution in [0.1, 0.15) is 39.2 Å². The van der Waals surface area contributed by atoms with Gasteiger partial charge >= 0.3 is 0 Å². The van der Waals surface area contributed by atoms with Crippen LogP contribution >= 0.6 is 15.9 Å².